The molecule has 8 nitrogen and oxygen atoms in total. The molecule has 0 spiro atoms. The Morgan fingerprint density at radius 3 is 2.75 bits per heavy atom. The Morgan fingerprint density at radius 1 is 1.12 bits per heavy atom. The standard InChI is InChI=1S/C24H24N6O2/c1-30-11-8-19(9-12-30)32-22-7-5-18(15-26-22)27-24(31)23-20-13-16(4-6-21(20)28-29-23)17-3-2-10-25-14-17/h2-7,10,13-15,19H,8-9,11-12H2,1H3,(H,27,31)(H,28,29). The average Bonchev–Trinajstić information content (AvgIpc) is 3.26. The van der Waals surface area contributed by atoms with Crippen molar-refractivity contribution >= 4 is 22.5 Å². The second-order valence-electron chi connectivity index (χ2n) is 8.03. The third kappa shape index (κ3) is 4.31. The number of carbonyl (C=O) groups is 1. The zero-order chi connectivity index (χ0) is 21.9. The van der Waals surface area contributed by atoms with Gasteiger partial charge in [0.1, 0.15) is 6.10 Å². The van der Waals surface area contributed by atoms with E-state index < -0.39 is 0 Å². The molecule has 0 bridgehead atoms. The number of rotatable bonds is 5. The second-order valence-corrected chi connectivity index (χ2v) is 8.03. The van der Waals surface area contributed by atoms with Crippen molar-refractivity contribution in [2.45, 2.75) is 18.9 Å². The van der Waals surface area contributed by atoms with Gasteiger partial charge in [0, 0.05) is 42.5 Å². The molecule has 0 saturated carbocycles. The van der Waals surface area contributed by atoms with Gasteiger partial charge in [-0.3, -0.25) is 14.9 Å². The fourth-order valence-corrected chi connectivity index (χ4v) is 3.89. The molecule has 1 aromatic carbocycles. The summed E-state index contributed by atoms with van der Waals surface area (Å²) >= 11 is 0. The molecule has 3 aromatic heterocycles. The molecule has 162 valence electrons. The molecular formula is C24H24N6O2. The molecule has 1 saturated heterocycles. The number of piperidine rings is 1. The molecule has 32 heavy (non-hydrogen) atoms. The Balaban J connectivity index is 1.29. The number of fused-ring (bicyclic) bond motifs is 1. The molecule has 0 aliphatic carbocycles. The van der Waals surface area contributed by atoms with Crippen molar-refractivity contribution in [3.8, 4) is 17.0 Å². The number of hydrogen-bond donors (Lipinski definition) is 2. The molecule has 4 heterocycles. The predicted molar refractivity (Wildman–Crippen MR) is 123 cm³/mol. The summed E-state index contributed by atoms with van der Waals surface area (Å²) in [7, 11) is 2.12. The number of carbonyl (C=O) groups excluding carboxylic acids is 1. The van der Waals surface area contributed by atoms with Gasteiger partial charge < -0.3 is 15.0 Å². The average molecular weight is 428 g/mol. The van der Waals surface area contributed by atoms with Crippen LogP contribution >= 0.6 is 0 Å². The minimum absolute atomic E-state index is 0.184. The number of benzene rings is 1. The van der Waals surface area contributed by atoms with Crippen molar-refractivity contribution in [3.05, 3.63) is 66.7 Å². The maximum absolute atomic E-state index is 12.9. The molecule has 1 aliphatic rings. The van der Waals surface area contributed by atoms with Crippen LogP contribution in [0.3, 0.4) is 0 Å². The van der Waals surface area contributed by atoms with E-state index in [4.69, 9.17) is 4.74 Å². The minimum Gasteiger partial charge on any atom is -0.474 e. The van der Waals surface area contributed by atoms with Crippen LogP contribution in [0.25, 0.3) is 22.0 Å². The molecule has 8 heteroatoms. The molecule has 4 aromatic rings. The number of ether oxygens (including phenoxy) is 1. The first kappa shape index (κ1) is 20.1. The fraction of sp³-hybridized carbons (Fsp3) is 0.250. The second kappa shape index (κ2) is 8.76. The van der Waals surface area contributed by atoms with E-state index in [9.17, 15) is 4.79 Å². The van der Waals surface area contributed by atoms with E-state index in [0.717, 1.165) is 48.0 Å². The summed E-state index contributed by atoms with van der Waals surface area (Å²) in [6, 6.07) is 13.3. The highest BCUT2D eigenvalue weighted by Crippen LogP contribution is 2.25. The van der Waals surface area contributed by atoms with Crippen molar-refractivity contribution < 1.29 is 9.53 Å². The van der Waals surface area contributed by atoms with E-state index in [1.54, 1.807) is 30.7 Å². The van der Waals surface area contributed by atoms with Gasteiger partial charge in [-0.25, -0.2) is 4.98 Å². The Hall–Kier alpha value is -3.78. The van der Waals surface area contributed by atoms with Gasteiger partial charge in [-0.1, -0.05) is 12.1 Å². The number of nitrogens with zero attached hydrogens (tertiary/aromatic N) is 4. The quantitative estimate of drug-likeness (QED) is 0.503. The molecule has 5 rings (SSSR count). The lowest BCUT2D eigenvalue weighted by Gasteiger charge is -2.28. The third-order valence-corrected chi connectivity index (χ3v) is 5.72. The fourth-order valence-electron chi connectivity index (χ4n) is 3.89. The number of H-pyrrole nitrogens is 1. The van der Waals surface area contributed by atoms with Crippen molar-refractivity contribution in [1.29, 1.82) is 0 Å². The van der Waals surface area contributed by atoms with Crippen molar-refractivity contribution in [2.24, 2.45) is 0 Å². The molecule has 0 unspecified atom stereocenters. The van der Waals surface area contributed by atoms with Crippen LogP contribution in [-0.2, 0) is 0 Å². The summed E-state index contributed by atoms with van der Waals surface area (Å²) in [4.78, 5) is 23.7. The molecular weight excluding hydrogens is 404 g/mol. The van der Waals surface area contributed by atoms with Crippen LogP contribution in [0.1, 0.15) is 23.3 Å². The van der Waals surface area contributed by atoms with Gasteiger partial charge in [-0.2, -0.15) is 5.10 Å². The highest BCUT2D eigenvalue weighted by molar-refractivity contribution is 6.11. The van der Waals surface area contributed by atoms with Gasteiger partial charge in [0.15, 0.2) is 5.69 Å². The number of nitrogens with one attached hydrogen (secondary N) is 2. The summed E-state index contributed by atoms with van der Waals surface area (Å²) < 4.78 is 5.98. The van der Waals surface area contributed by atoms with Gasteiger partial charge in [0.2, 0.25) is 5.88 Å². The Kier molecular flexibility index (Phi) is 5.51. The molecule has 1 fully saturated rings. The van der Waals surface area contributed by atoms with Crippen LogP contribution < -0.4 is 10.1 Å². The van der Waals surface area contributed by atoms with E-state index in [2.05, 4.69) is 37.4 Å². The largest absolute Gasteiger partial charge is 0.474 e. The number of pyridine rings is 2. The topological polar surface area (TPSA) is 96.0 Å². The van der Waals surface area contributed by atoms with Crippen molar-refractivity contribution in [1.82, 2.24) is 25.1 Å². The van der Waals surface area contributed by atoms with Gasteiger partial charge in [0.25, 0.3) is 5.91 Å². The van der Waals surface area contributed by atoms with Crippen LogP contribution in [0.15, 0.2) is 61.1 Å². The summed E-state index contributed by atoms with van der Waals surface area (Å²) in [5, 5.41) is 10.8. The summed E-state index contributed by atoms with van der Waals surface area (Å²) in [5.74, 6) is 0.272. The SMILES string of the molecule is CN1CCC(Oc2ccc(NC(=O)c3n[nH]c4ccc(-c5cccnc5)cc34)cn2)CC1. The maximum atomic E-state index is 12.9. The lowest BCUT2D eigenvalue weighted by molar-refractivity contribution is 0.102. The van der Waals surface area contributed by atoms with Crippen molar-refractivity contribution in [3.63, 3.8) is 0 Å². The number of hydrogen-bond acceptors (Lipinski definition) is 6. The lowest BCUT2D eigenvalue weighted by atomic mass is 10.0. The highest BCUT2D eigenvalue weighted by Gasteiger charge is 2.19. The number of likely N-dealkylation sites (tertiary alicyclic amines) is 1. The lowest BCUT2D eigenvalue weighted by Crippen LogP contribution is -2.35. The molecule has 1 aliphatic heterocycles. The van der Waals surface area contributed by atoms with Gasteiger partial charge >= 0.3 is 0 Å². The molecule has 2 N–H and O–H groups in total. The van der Waals surface area contributed by atoms with Crippen LogP contribution in [0, 0.1) is 0 Å². The molecule has 0 atom stereocenters. The number of anilines is 1. The monoisotopic (exact) mass is 428 g/mol. The van der Waals surface area contributed by atoms with E-state index in [0.29, 0.717) is 17.3 Å². The maximum Gasteiger partial charge on any atom is 0.276 e. The van der Waals surface area contributed by atoms with E-state index in [1.165, 1.54) is 0 Å². The first-order valence-corrected chi connectivity index (χ1v) is 10.7. The summed E-state index contributed by atoms with van der Waals surface area (Å²) in [5.41, 5.74) is 3.66. The zero-order valence-electron chi connectivity index (χ0n) is 17.8. The molecule has 1 amide bonds. The van der Waals surface area contributed by atoms with Crippen LogP contribution in [0.5, 0.6) is 5.88 Å². The Morgan fingerprint density at radius 2 is 2.00 bits per heavy atom. The van der Waals surface area contributed by atoms with Crippen molar-refractivity contribution in [2.75, 3.05) is 25.5 Å². The molecule has 0 radical (unpaired) electrons. The van der Waals surface area contributed by atoms with Crippen LogP contribution in [-0.4, -0.2) is 57.2 Å². The van der Waals surface area contributed by atoms with Crippen LogP contribution in [0.4, 0.5) is 5.69 Å². The van der Waals surface area contributed by atoms with E-state index in [1.807, 2.05) is 30.3 Å². The summed E-state index contributed by atoms with van der Waals surface area (Å²) in [6.07, 6.45) is 7.30. The van der Waals surface area contributed by atoms with E-state index in [-0.39, 0.29) is 12.0 Å². The van der Waals surface area contributed by atoms with E-state index >= 15 is 0 Å². The smallest absolute Gasteiger partial charge is 0.276 e. The number of aromatic nitrogens is 4. The number of amides is 1. The summed E-state index contributed by atoms with van der Waals surface area (Å²) in [6.45, 7) is 2.05. The highest BCUT2D eigenvalue weighted by atomic mass is 16.5. The first-order valence-electron chi connectivity index (χ1n) is 10.7. The Bertz CT molecular complexity index is 1210. The predicted octanol–water partition coefficient (Wildman–Crippen LogP) is 3.75. The number of aromatic amines is 1. The first-order chi connectivity index (χ1) is 15.7. The Labute approximate surface area is 185 Å². The third-order valence-electron chi connectivity index (χ3n) is 5.72. The normalized spacial score (nSPS) is 15.0. The van der Waals surface area contributed by atoms with Gasteiger partial charge in [-0.05, 0) is 49.7 Å². The van der Waals surface area contributed by atoms with Gasteiger partial charge in [-0.15, -0.1) is 0 Å². The minimum atomic E-state index is -0.301. The zero-order valence-corrected chi connectivity index (χ0v) is 17.8. The van der Waals surface area contributed by atoms with Gasteiger partial charge in [0.05, 0.1) is 17.4 Å². The van der Waals surface area contributed by atoms with Crippen LogP contribution in [0.2, 0.25) is 0 Å².